The van der Waals surface area contributed by atoms with Crippen LogP contribution in [-0.4, -0.2) is 49.3 Å². The van der Waals surface area contributed by atoms with E-state index in [4.69, 9.17) is 5.73 Å². The number of nitrogens with zero attached hydrogens (tertiary/aromatic N) is 1. The average molecular weight is 250 g/mol. The lowest BCUT2D eigenvalue weighted by Crippen LogP contribution is -2.42. The first kappa shape index (κ1) is 13.9. The summed E-state index contributed by atoms with van der Waals surface area (Å²) < 4.78 is 24.8. The second kappa shape index (κ2) is 5.44. The van der Waals surface area contributed by atoms with E-state index in [0.29, 0.717) is 25.8 Å². The minimum Gasteiger partial charge on any atom is -0.389 e. The van der Waals surface area contributed by atoms with Gasteiger partial charge in [0.15, 0.2) is 0 Å². The van der Waals surface area contributed by atoms with Gasteiger partial charge in [-0.25, -0.2) is 12.7 Å². The van der Waals surface area contributed by atoms with Gasteiger partial charge in [0.2, 0.25) is 10.0 Å². The Morgan fingerprint density at radius 2 is 1.94 bits per heavy atom. The first-order valence-electron chi connectivity index (χ1n) is 5.76. The standard InChI is InChI=1S/C10H22N2O3S/c1-12(16(14,15)8-4-7-11)9-10(13)5-2-3-6-10/h13H,2-9,11H2,1H3. The van der Waals surface area contributed by atoms with Crippen LogP contribution in [0.5, 0.6) is 0 Å². The van der Waals surface area contributed by atoms with Gasteiger partial charge in [0.1, 0.15) is 0 Å². The van der Waals surface area contributed by atoms with Crippen molar-refractivity contribution in [2.45, 2.75) is 37.7 Å². The minimum atomic E-state index is -3.25. The van der Waals surface area contributed by atoms with Crippen molar-refractivity contribution in [3.05, 3.63) is 0 Å². The lowest BCUT2D eigenvalue weighted by atomic mass is 10.0. The Kier molecular flexibility index (Phi) is 4.73. The third kappa shape index (κ3) is 3.69. The monoisotopic (exact) mass is 250 g/mol. The predicted octanol–water partition coefficient (Wildman–Crippen LogP) is -0.0981. The molecule has 0 aromatic heterocycles. The maximum absolute atomic E-state index is 11.8. The van der Waals surface area contributed by atoms with Gasteiger partial charge < -0.3 is 10.8 Å². The van der Waals surface area contributed by atoms with Crippen LogP contribution < -0.4 is 5.73 Å². The zero-order chi connectivity index (χ0) is 12.2. The van der Waals surface area contributed by atoms with Crippen LogP contribution in [-0.2, 0) is 10.0 Å². The van der Waals surface area contributed by atoms with Crippen molar-refractivity contribution in [3.63, 3.8) is 0 Å². The lowest BCUT2D eigenvalue weighted by molar-refractivity contribution is 0.0333. The van der Waals surface area contributed by atoms with Crippen LogP contribution in [0.4, 0.5) is 0 Å². The molecule has 0 radical (unpaired) electrons. The molecule has 1 aliphatic rings. The van der Waals surface area contributed by atoms with Gasteiger partial charge in [-0.15, -0.1) is 0 Å². The van der Waals surface area contributed by atoms with Gasteiger partial charge in [0.25, 0.3) is 0 Å². The van der Waals surface area contributed by atoms with Gasteiger partial charge in [0.05, 0.1) is 11.4 Å². The van der Waals surface area contributed by atoms with Crippen molar-refractivity contribution in [2.24, 2.45) is 5.73 Å². The SMILES string of the molecule is CN(CC1(O)CCCC1)S(=O)(=O)CCCN. The van der Waals surface area contributed by atoms with Crippen molar-refractivity contribution in [3.8, 4) is 0 Å². The Hall–Kier alpha value is -0.170. The average Bonchev–Trinajstić information content (AvgIpc) is 2.62. The van der Waals surface area contributed by atoms with Crippen molar-refractivity contribution in [1.29, 1.82) is 0 Å². The number of likely N-dealkylation sites (N-methyl/N-ethyl adjacent to an activating group) is 1. The molecule has 0 bridgehead atoms. The number of sulfonamides is 1. The quantitative estimate of drug-likeness (QED) is 0.689. The van der Waals surface area contributed by atoms with E-state index in [-0.39, 0.29) is 12.3 Å². The van der Waals surface area contributed by atoms with Crippen LogP contribution in [0.3, 0.4) is 0 Å². The van der Waals surface area contributed by atoms with Crippen LogP contribution in [0.2, 0.25) is 0 Å². The minimum absolute atomic E-state index is 0.0656. The van der Waals surface area contributed by atoms with Crippen LogP contribution in [0.1, 0.15) is 32.1 Å². The summed E-state index contributed by atoms with van der Waals surface area (Å²) in [6.45, 7) is 0.581. The maximum Gasteiger partial charge on any atom is 0.213 e. The zero-order valence-corrected chi connectivity index (χ0v) is 10.7. The molecule has 0 amide bonds. The summed E-state index contributed by atoms with van der Waals surface area (Å²) in [6.07, 6.45) is 3.82. The molecule has 0 heterocycles. The fourth-order valence-electron chi connectivity index (χ4n) is 2.13. The molecule has 1 aliphatic carbocycles. The first-order chi connectivity index (χ1) is 7.40. The van der Waals surface area contributed by atoms with Crippen molar-refractivity contribution < 1.29 is 13.5 Å². The van der Waals surface area contributed by atoms with E-state index in [0.717, 1.165) is 12.8 Å². The van der Waals surface area contributed by atoms with Gasteiger partial charge in [-0.1, -0.05) is 12.8 Å². The highest BCUT2D eigenvalue weighted by atomic mass is 32.2. The number of hydrogen-bond acceptors (Lipinski definition) is 4. The Morgan fingerprint density at radius 1 is 1.38 bits per heavy atom. The third-order valence-electron chi connectivity index (χ3n) is 3.13. The smallest absolute Gasteiger partial charge is 0.213 e. The largest absolute Gasteiger partial charge is 0.389 e. The van der Waals surface area contributed by atoms with Crippen LogP contribution in [0, 0.1) is 0 Å². The Morgan fingerprint density at radius 3 is 2.44 bits per heavy atom. The number of aliphatic hydroxyl groups is 1. The fourth-order valence-corrected chi connectivity index (χ4v) is 3.41. The van der Waals surface area contributed by atoms with Gasteiger partial charge in [0, 0.05) is 13.6 Å². The topological polar surface area (TPSA) is 83.6 Å². The number of hydrogen-bond donors (Lipinski definition) is 2. The van der Waals surface area contributed by atoms with Crippen molar-refractivity contribution in [1.82, 2.24) is 4.31 Å². The number of rotatable bonds is 6. The molecule has 0 aromatic rings. The third-order valence-corrected chi connectivity index (χ3v) is 5.02. The van der Waals surface area contributed by atoms with E-state index in [2.05, 4.69) is 0 Å². The summed E-state index contributed by atoms with van der Waals surface area (Å²) in [6, 6.07) is 0. The molecule has 5 nitrogen and oxygen atoms in total. The summed E-state index contributed by atoms with van der Waals surface area (Å²) >= 11 is 0. The Balaban J connectivity index is 2.53. The molecular formula is C10H22N2O3S. The molecule has 0 aliphatic heterocycles. The number of nitrogens with two attached hydrogens (primary N) is 1. The summed E-state index contributed by atoms with van der Waals surface area (Å²) in [5.74, 6) is 0.0656. The van der Waals surface area contributed by atoms with E-state index in [1.165, 1.54) is 11.4 Å². The molecule has 3 N–H and O–H groups in total. The molecule has 0 aromatic carbocycles. The van der Waals surface area contributed by atoms with Crippen LogP contribution in [0.15, 0.2) is 0 Å². The molecule has 0 spiro atoms. The molecule has 0 unspecified atom stereocenters. The van der Waals surface area contributed by atoms with E-state index >= 15 is 0 Å². The second-order valence-corrected chi connectivity index (χ2v) is 6.84. The summed E-state index contributed by atoms with van der Waals surface area (Å²) in [5.41, 5.74) is 4.48. The highest BCUT2D eigenvalue weighted by molar-refractivity contribution is 7.89. The molecule has 16 heavy (non-hydrogen) atoms. The highest BCUT2D eigenvalue weighted by Crippen LogP contribution is 2.30. The molecule has 1 rings (SSSR count). The molecule has 0 atom stereocenters. The zero-order valence-electron chi connectivity index (χ0n) is 9.85. The van der Waals surface area contributed by atoms with E-state index < -0.39 is 15.6 Å². The summed E-state index contributed by atoms with van der Waals surface area (Å²) in [5, 5.41) is 10.1. The molecular weight excluding hydrogens is 228 g/mol. The summed E-state index contributed by atoms with van der Waals surface area (Å²) in [4.78, 5) is 0. The van der Waals surface area contributed by atoms with Crippen molar-refractivity contribution >= 4 is 10.0 Å². The first-order valence-corrected chi connectivity index (χ1v) is 7.37. The van der Waals surface area contributed by atoms with Gasteiger partial charge in [-0.05, 0) is 25.8 Å². The fraction of sp³-hybridized carbons (Fsp3) is 1.00. The Bertz CT molecular complexity index is 310. The van der Waals surface area contributed by atoms with Crippen LogP contribution in [0.25, 0.3) is 0 Å². The molecule has 1 saturated carbocycles. The molecule has 1 fully saturated rings. The second-order valence-electron chi connectivity index (χ2n) is 4.65. The van der Waals surface area contributed by atoms with Crippen molar-refractivity contribution in [2.75, 3.05) is 25.9 Å². The molecule has 96 valence electrons. The van der Waals surface area contributed by atoms with Crippen LogP contribution >= 0.6 is 0 Å². The summed E-state index contributed by atoms with van der Waals surface area (Å²) in [7, 11) is -1.72. The maximum atomic E-state index is 11.8. The lowest BCUT2D eigenvalue weighted by Gasteiger charge is -2.28. The Labute approximate surface area is 97.7 Å². The van der Waals surface area contributed by atoms with Gasteiger partial charge in [-0.3, -0.25) is 0 Å². The normalized spacial score (nSPS) is 20.5. The van der Waals surface area contributed by atoms with E-state index in [1.54, 1.807) is 0 Å². The molecule has 0 saturated heterocycles. The van der Waals surface area contributed by atoms with Gasteiger partial charge >= 0.3 is 0 Å². The van der Waals surface area contributed by atoms with E-state index in [9.17, 15) is 13.5 Å². The predicted molar refractivity (Wildman–Crippen MR) is 63.5 cm³/mol. The highest BCUT2D eigenvalue weighted by Gasteiger charge is 2.34. The van der Waals surface area contributed by atoms with Gasteiger partial charge in [-0.2, -0.15) is 0 Å². The molecule has 6 heteroatoms. The van der Waals surface area contributed by atoms with E-state index in [1.807, 2.05) is 0 Å².